The Morgan fingerprint density at radius 2 is 1.88 bits per heavy atom. The molecule has 2 heterocycles. The van der Waals surface area contributed by atoms with E-state index in [1.165, 1.54) is 23.1 Å². The zero-order valence-corrected chi connectivity index (χ0v) is 20.2. The molecule has 0 unspecified atom stereocenters. The number of amides is 1. The Morgan fingerprint density at radius 3 is 2.61 bits per heavy atom. The zero-order valence-electron chi connectivity index (χ0n) is 17.8. The molecular formula is C24H24BrClN2O5. The maximum atomic E-state index is 13.1. The maximum absolute atomic E-state index is 13.1. The lowest BCUT2D eigenvalue weighted by atomic mass is 9.95. The Morgan fingerprint density at radius 1 is 1.12 bits per heavy atom. The van der Waals surface area contributed by atoms with E-state index in [9.17, 15) is 19.8 Å². The first-order valence-corrected chi connectivity index (χ1v) is 11.9. The molecule has 174 valence electrons. The third-order valence-electron chi connectivity index (χ3n) is 5.90. The molecule has 0 radical (unpaired) electrons. The topological polar surface area (TPSA) is 90.3 Å². The highest BCUT2D eigenvalue weighted by Crippen LogP contribution is 2.41. The normalized spacial score (nSPS) is 21.0. The van der Waals surface area contributed by atoms with Crippen molar-refractivity contribution in [2.75, 3.05) is 39.4 Å². The Labute approximate surface area is 205 Å². The second-order valence-corrected chi connectivity index (χ2v) is 9.37. The average Bonchev–Trinajstić information content (AvgIpc) is 3.06. The molecule has 1 amide bonds. The maximum Gasteiger partial charge on any atom is 0.295 e. The van der Waals surface area contributed by atoms with Gasteiger partial charge in [-0.2, -0.15) is 0 Å². The summed E-state index contributed by atoms with van der Waals surface area (Å²) in [6, 6.07) is 10.7. The lowest BCUT2D eigenvalue weighted by Gasteiger charge is -2.29. The van der Waals surface area contributed by atoms with Gasteiger partial charge in [0.05, 0.1) is 30.4 Å². The highest BCUT2D eigenvalue weighted by atomic mass is 79.9. The minimum atomic E-state index is -0.789. The quantitative estimate of drug-likeness (QED) is 0.331. The number of ether oxygens (including phenoxy) is 1. The molecule has 2 aromatic rings. The number of aromatic hydroxyl groups is 1. The smallest absolute Gasteiger partial charge is 0.295 e. The van der Waals surface area contributed by atoms with Crippen molar-refractivity contribution in [1.29, 1.82) is 0 Å². The number of carbonyl (C=O) groups is 2. The number of ketones is 1. The summed E-state index contributed by atoms with van der Waals surface area (Å²) in [5.74, 6) is -2.15. The van der Waals surface area contributed by atoms with Gasteiger partial charge in [-0.25, -0.2) is 0 Å². The van der Waals surface area contributed by atoms with Crippen molar-refractivity contribution in [3.05, 3.63) is 68.7 Å². The van der Waals surface area contributed by atoms with E-state index >= 15 is 0 Å². The number of hydrogen-bond acceptors (Lipinski definition) is 6. The second kappa shape index (κ2) is 10.3. The van der Waals surface area contributed by atoms with Gasteiger partial charge in [0.25, 0.3) is 11.7 Å². The van der Waals surface area contributed by atoms with Crippen LogP contribution in [-0.2, 0) is 14.3 Å². The Balaban J connectivity index is 1.71. The lowest BCUT2D eigenvalue weighted by Crippen LogP contribution is -2.38. The van der Waals surface area contributed by atoms with Crippen LogP contribution in [0.25, 0.3) is 5.76 Å². The van der Waals surface area contributed by atoms with Crippen LogP contribution in [0.2, 0.25) is 5.02 Å². The third-order valence-corrected chi connectivity index (χ3v) is 6.62. The number of aliphatic hydroxyl groups excluding tert-OH is 1. The zero-order chi connectivity index (χ0) is 23.5. The van der Waals surface area contributed by atoms with Crippen LogP contribution in [0.15, 0.2) is 52.5 Å². The molecular weight excluding hydrogens is 512 g/mol. The van der Waals surface area contributed by atoms with Crippen LogP contribution in [0.5, 0.6) is 5.75 Å². The number of hydrogen-bond donors (Lipinski definition) is 2. The fraction of sp³-hybridized carbons (Fsp3) is 0.333. The molecule has 2 aliphatic heterocycles. The first-order chi connectivity index (χ1) is 15.9. The highest BCUT2D eigenvalue weighted by molar-refractivity contribution is 9.10. The third kappa shape index (κ3) is 5.09. The van der Waals surface area contributed by atoms with Crippen LogP contribution >= 0.6 is 27.5 Å². The Bertz CT molecular complexity index is 1100. The molecule has 0 aliphatic carbocycles. The van der Waals surface area contributed by atoms with Crippen molar-refractivity contribution in [3.8, 4) is 5.75 Å². The number of benzene rings is 2. The predicted molar refractivity (Wildman–Crippen MR) is 128 cm³/mol. The number of carbonyl (C=O) groups excluding carboxylic acids is 2. The van der Waals surface area contributed by atoms with Crippen molar-refractivity contribution in [1.82, 2.24) is 9.80 Å². The molecule has 0 aromatic heterocycles. The van der Waals surface area contributed by atoms with Crippen molar-refractivity contribution in [3.63, 3.8) is 0 Å². The summed E-state index contributed by atoms with van der Waals surface area (Å²) in [7, 11) is 0. The largest absolute Gasteiger partial charge is 0.507 e. The summed E-state index contributed by atoms with van der Waals surface area (Å²) >= 11 is 9.50. The Hall–Kier alpha value is -2.39. The average molecular weight is 536 g/mol. The van der Waals surface area contributed by atoms with Crippen LogP contribution < -0.4 is 0 Å². The molecule has 2 fully saturated rings. The van der Waals surface area contributed by atoms with E-state index in [1.54, 1.807) is 6.07 Å². The first kappa shape index (κ1) is 23.8. The van der Waals surface area contributed by atoms with Gasteiger partial charge < -0.3 is 19.8 Å². The number of morpholine rings is 1. The van der Waals surface area contributed by atoms with Crippen molar-refractivity contribution in [2.45, 2.75) is 12.5 Å². The van der Waals surface area contributed by atoms with E-state index in [1.807, 2.05) is 18.2 Å². The summed E-state index contributed by atoms with van der Waals surface area (Å²) in [6.07, 6.45) is 0.667. The summed E-state index contributed by atoms with van der Waals surface area (Å²) < 4.78 is 6.16. The fourth-order valence-corrected chi connectivity index (χ4v) is 4.86. The predicted octanol–water partition coefficient (Wildman–Crippen LogP) is 3.95. The van der Waals surface area contributed by atoms with Gasteiger partial charge in [-0.05, 0) is 42.3 Å². The van der Waals surface area contributed by atoms with Gasteiger partial charge in [0.2, 0.25) is 0 Å². The van der Waals surface area contributed by atoms with Gasteiger partial charge in [0, 0.05) is 35.7 Å². The van der Waals surface area contributed by atoms with Crippen molar-refractivity contribution in [2.24, 2.45) is 0 Å². The molecule has 0 saturated carbocycles. The molecule has 2 N–H and O–H groups in total. The van der Waals surface area contributed by atoms with Crippen molar-refractivity contribution >= 4 is 45.0 Å². The number of halogens is 2. The minimum absolute atomic E-state index is 0.00816. The van der Waals surface area contributed by atoms with Gasteiger partial charge in [-0.3, -0.25) is 14.5 Å². The number of likely N-dealkylation sites (tertiary alicyclic amines) is 1. The molecule has 0 spiro atoms. The van der Waals surface area contributed by atoms with E-state index in [4.69, 9.17) is 16.3 Å². The molecule has 2 aromatic carbocycles. The van der Waals surface area contributed by atoms with E-state index in [-0.39, 0.29) is 21.9 Å². The van der Waals surface area contributed by atoms with E-state index in [0.29, 0.717) is 31.7 Å². The van der Waals surface area contributed by atoms with Gasteiger partial charge in [-0.15, -0.1) is 0 Å². The fourth-order valence-electron chi connectivity index (χ4n) is 4.27. The Kier molecular flexibility index (Phi) is 7.38. The summed E-state index contributed by atoms with van der Waals surface area (Å²) in [5.41, 5.74) is 0.619. The van der Waals surface area contributed by atoms with Crippen molar-refractivity contribution < 1.29 is 24.5 Å². The lowest BCUT2D eigenvalue weighted by molar-refractivity contribution is -0.140. The molecule has 4 rings (SSSR count). The molecule has 1 atom stereocenters. The van der Waals surface area contributed by atoms with E-state index < -0.39 is 23.5 Å². The first-order valence-electron chi connectivity index (χ1n) is 10.7. The number of nitrogens with zero attached hydrogens (tertiary/aromatic N) is 2. The van der Waals surface area contributed by atoms with Gasteiger partial charge in [-0.1, -0.05) is 39.7 Å². The summed E-state index contributed by atoms with van der Waals surface area (Å²) in [4.78, 5) is 29.9. The SMILES string of the molecule is O=C1C(=O)N(CCCN2CCOCC2)[C@@H](c2cccc(Br)c2)C1=C(O)c1cc(Cl)ccc1O. The molecule has 2 aliphatic rings. The highest BCUT2D eigenvalue weighted by Gasteiger charge is 2.46. The van der Waals surface area contributed by atoms with Gasteiger partial charge >= 0.3 is 0 Å². The molecule has 2 saturated heterocycles. The van der Waals surface area contributed by atoms with Crippen LogP contribution in [-0.4, -0.2) is 71.1 Å². The van der Waals surface area contributed by atoms with Crippen LogP contribution in [0.3, 0.4) is 0 Å². The summed E-state index contributed by atoms with van der Waals surface area (Å²) in [5, 5.41) is 21.7. The molecule has 33 heavy (non-hydrogen) atoms. The number of rotatable bonds is 6. The van der Waals surface area contributed by atoms with E-state index in [2.05, 4.69) is 20.8 Å². The molecule has 7 nitrogen and oxygen atoms in total. The molecule has 0 bridgehead atoms. The standard InChI is InChI=1S/C24H24BrClN2O5/c25-16-4-1-3-15(13-16)21-20(22(30)18-14-17(26)5-6-19(18)29)23(31)24(32)28(21)8-2-7-27-9-11-33-12-10-27/h1,3-6,13-14,21,29-30H,2,7-12H2/t21-/m0/s1. The van der Waals surface area contributed by atoms with Gasteiger partial charge in [0.1, 0.15) is 11.5 Å². The number of aliphatic hydroxyl groups is 1. The summed E-state index contributed by atoms with van der Waals surface area (Å²) in [6.45, 7) is 4.16. The number of Topliss-reactive ketones (excluding diaryl/α,β-unsaturated/α-hetero) is 1. The number of phenols is 1. The number of phenolic OH excluding ortho intramolecular Hbond substituents is 1. The van der Waals surface area contributed by atoms with Crippen LogP contribution in [0.1, 0.15) is 23.6 Å². The molecule has 9 heteroatoms. The van der Waals surface area contributed by atoms with Crippen LogP contribution in [0, 0.1) is 0 Å². The second-order valence-electron chi connectivity index (χ2n) is 8.02. The monoisotopic (exact) mass is 534 g/mol. The van der Waals surface area contributed by atoms with Gasteiger partial charge in [0.15, 0.2) is 0 Å². The van der Waals surface area contributed by atoms with E-state index in [0.717, 1.165) is 24.1 Å². The van der Waals surface area contributed by atoms with Crippen LogP contribution in [0.4, 0.5) is 0 Å². The minimum Gasteiger partial charge on any atom is -0.507 e.